The molecular formula is C23H22NOP. The number of aryl methyl sites for hydroxylation is 2. The fraction of sp³-hybridized carbons (Fsp3) is 0.130. The molecule has 0 spiro atoms. The monoisotopic (exact) mass is 359 g/mol. The number of nitrogens with zero attached hydrogens (tertiary/aromatic N) is 1. The maximum absolute atomic E-state index is 14.4. The Morgan fingerprint density at radius 2 is 1.27 bits per heavy atom. The van der Waals surface area contributed by atoms with Gasteiger partial charge in [-0.1, -0.05) is 78.9 Å². The largest absolute Gasteiger partial charge is 0.347 e. The molecule has 0 amide bonds. The van der Waals surface area contributed by atoms with Crippen LogP contribution in [0.25, 0.3) is 10.9 Å². The van der Waals surface area contributed by atoms with Gasteiger partial charge < -0.3 is 9.13 Å². The van der Waals surface area contributed by atoms with Crippen LogP contribution in [0.1, 0.15) is 11.3 Å². The zero-order chi connectivity index (χ0) is 18.1. The van der Waals surface area contributed by atoms with Gasteiger partial charge in [-0.05, 0) is 18.6 Å². The molecule has 0 unspecified atom stereocenters. The molecule has 0 saturated heterocycles. The van der Waals surface area contributed by atoms with E-state index in [1.165, 1.54) is 16.5 Å². The molecule has 0 saturated carbocycles. The third kappa shape index (κ3) is 2.71. The van der Waals surface area contributed by atoms with Crippen molar-refractivity contribution < 1.29 is 4.57 Å². The Hall–Kier alpha value is -2.57. The molecule has 0 fully saturated rings. The molecule has 3 heteroatoms. The zero-order valence-corrected chi connectivity index (χ0v) is 16.0. The summed E-state index contributed by atoms with van der Waals surface area (Å²) in [6.07, 6.45) is 0.526. The molecule has 130 valence electrons. The van der Waals surface area contributed by atoms with Gasteiger partial charge in [0.1, 0.15) is 7.14 Å². The SMILES string of the molecule is Cc1c(CP(=O)(c2ccccc2)c2ccccc2)n(C)c2ccccc12. The lowest BCUT2D eigenvalue weighted by Crippen LogP contribution is -2.18. The normalized spacial score (nSPS) is 11.8. The predicted octanol–water partition coefficient (Wildman–Crippen LogP) is 5.00. The van der Waals surface area contributed by atoms with Crippen molar-refractivity contribution in [2.24, 2.45) is 7.05 Å². The van der Waals surface area contributed by atoms with E-state index >= 15 is 0 Å². The van der Waals surface area contributed by atoms with Gasteiger partial charge in [-0.2, -0.15) is 0 Å². The van der Waals surface area contributed by atoms with Crippen molar-refractivity contribution in [3.8, 4) is 0 Å². The number of benzene rings is 3. The second-order valence-corrected chi connectivity index (χ2v) is 9.55. The van der Waals surface area contributed by atoms with Crippen molar-refractivity contribution in [2.75, 3.05) is 0 Å². The molecule has 3 aromatic carbocycles. The number of aromatic nitrogens is 1. The van der Waals surface area contributed by atoms with Crippen LogP contribution in [-0.4, -0.2) is 4.57 Å². The minimum atomic E-state index is -2.78. The summed E-state index contributed by atoms with van der Waals surface area (Å²) in [5.74, 6) is 0. The second-order valence-electron chi connectivity index (χ2n) is 6.72. The quantitative estimate of drug-likeness (QED) is 0.470. The Morgan fingerprint density at radius 3 is 1.81 bits per heavy atom. The molecule has 0 aliphatic rings. The summed E-state index contributed by atoms with van der Waals surface area (Å²) in [7, 11) is -0.702. The summed E-state index contributed by atoms with van der Waals surface area (Å²) in [5, 5.41) is 3.06. The molecule has 1 aromatic heterocycles. The first kappa shape index (κ1) is 16.9. The van der Waals surface area contributed by atoms with Gasteiger partial charge in [0.15, 0.2) is 0 Å². The van der Waals surface area contributed by atoms with Gasteiger partial charge in [-0.3, -0.25) is 0 Å². The number of para-hydroxylation sites is 1. The zero-order valence-electron chi connectivity index (χ0n) is 15.1. The molecule has 4 aromatic rings. The van der Waals surface area contributed by atoms with Crippen LogP contribution in [0.4, 0.5) is 0 Å². The van der Waals surface area contributed by atoms with Crippen LogP contribution in [0, 0.1) is 6.92 Å². The molecule has 0 aliphatic carbocycles. The Bertz CT molecular complexity index is 1010. The van der Waals surface area contributed by atoms with Crippen LogP contribution in [0.15, 0.2) is 84.9 Å². The van der Waals surface area contributed by atoms with E-state index < -0.39 is 7.14 Å². The molecule has 0 atom stereocenters. The molecule has 0 aliphatic heterocycles. The average molecular weight is 359 g/mol. The number of hydrogen-bond acceptors (Lipinski definition) is 1. The lowest BCUT2D eigenvalue weighted by molar-refractivity contribution is 0.585. The highest BCUT2D eigenvalue weighted by Gasteiger charge is 2.30. The van der Waals surface area contributed by atoms with Crippen LogP contribution >= 0.6 is 7.14 Å². The average Bonchev–Trinajstić information content (AvgIpc) is 2.94. The van der Waals surface area contributed by atoms with Crippen LogP contribution in [-0.2, 0) is 17.8 Å². The Balaban J connectivity index is 1.92. The number of hydrogen-bond donors (Lipinski definition) is 0. The highest BCUT2D eigenvalue weighted by molar-refractivity contribution is 7.78. The van der Waals surface area contributed by atoms with E-state index in [9.17, 15) is 4.57 Å². The molecular weight excluding hydrogens is 337 g/mol. The van der Waals surface area contributed by atoms with Crippen molar-refractivity contribution in [1.29, 1.82) is 0 Å². The topological polar surface area (TPSA) is 22.0 Å². The minimum Gasteiger partial charge on any atom is -0.347 e. The first-order valence-electron chi connectivity index (χ1n) is 8.84. The van der Waals surface area contributed by atoms with E-state index in [0.717, 1.165) is 16.3 Å². The molecule has 0 N–H and O–H groups in total. The van der Waals surface area contributed by atoms with Gasteiger partial charge in [0.25, 0.3) is 0 Å². The second kappa shape index (κ2) is 6.63. The standard InChI is InChI=1S/C23H22NOP/c1-18-21-15-9-10-16-22(21)24(2)23(18)17-26(25,19-11-5-3-6-12-19)20-13-7-4-8-14-20/h3-16H,17H2,1-2H3. The highest BCUT2D eigenvalue weighted by atomic mass is 31.2. The number of rotatable bonds is 4. The predicted molar refractivity (Wildman–Crippen MR) is 111 cm³/mol. The third-order valence-electron chi connectivity index (χ3n) is 5.23. The summed E-state index contributed by atoms with van der Waals surface area (Å²) in [6, 6.07) is 28.2. The van der Waals surface area contributed by atoms with Crippen LogP contribution < -0.4 is 10.6 Å². The van der Waals surface area contributed by atoms with Crippen LogP contribution in [0.5, 0.6) is 0 Å². The van der Waals surface area contributed by atoms with E-state index in [2.05, 4.69) is 42.8 Å². The summed E-state index contributed by atoms with van der Waals surface area (Å²) >= 11 is 0. The lowest BCUT2D eigenvalue weighted by atomic mass is 10.2. The fourth-order valence-electron chi connectivity index (χ4n) is 3.74. The summed E-state index contributed by atoms with van der Waals surface area (Å²) in [5.41, 5.74) is 3.55. The van der Waals surface area contributed by atoms with Crippen molar-refractivity contribution in [3.05, 3.63) is 96.2 Å². The number of fused-ring (bicyclic) bond motifs is 1. The van der Waals surface area contributed by atoms with E-state index in [-0.39, 0.29) is 0 Å². The van der Waals surface area contributed by atoms with E-state index in [1.54, 1.807) is 0 Å². The summed E-state index contributed by atoms with van der Waals surface area (Å²) in [4.78, 5) is 0. The Morgan fingerprint density at radius 1 is 0.769 bits per heavy atom. The Labute approximate surface area is 154 Å². The van der Waals surface area contributed by atoms with Gasteiger partial charge in [0.05, 0.1) is 0 Å². The van der Waals surface area contributed by atoms with Crippen molar-refractivity contribution in [1.82, 2.24) is 4.57 Å². The van der Waals surface area contributed by atoms with Crippen LogP contribution in [0.2, 0.25) is 0 Å². The van der Waals surface area contributed by atoms with Gasteiger partial charge in [0, 0.05) is 40.4 Å². The van der Waals surface area contributed by atoms with Crippen molar-refractivity contribution >= 4 is 28.7 Å². The van der Waals surface area contributed by atoms with Crippen molar-refractivity contribution in [3.63, 3.8) is 0 Å². The minimum absolute atomic E-state index is 0.526. The molecule has 0 bridgehead atoms. The van der Waals surface area contributed by atoms with Gasteiger partial charge in [-0.15, -0.1) is 0 Å². The third-order valence-corrected chi connectivity index (χ3v) is 8.24. The van der Waals surface area contributed by atoms with Crippen molar-refractivity contribution in [2.45, 2.75) is 13.1 Å². The van der Waals surface area contributed by atoms with E-state index in [0.29, 0.717) is 6.16 Å². The summed E-state index contributed by atoms with van der Waals surface area (Å²) in [6.45, 7) is 2.14. The smallest absolute Gasteiger partial charge is 0.148 e. The molecule has 0 radical (unpaired) electrons. The molecule has 1 heterocycles. The van der Waals surface area contributed by atoms with E-state index in [4.69, 9.17) is 0 Å². The summed E-state index contributed by atoms with van der Waals surface area (Å²) < 4.78 is 16.6. The van der Waals surface area contributed by atoms with Crippen LogP contribution in [0.3, 0.4) is 0 Å². The van der Waals surface area contributed by atoms with Gasteiger partial charge in [0.2, 0.25) is 0 Å². The highest BCUT2D eigenvalue weighted by Crippen LogP contribution is 2.48. The first-order chi connectivity index (χ1) is 12.6. The van der Waals surface area contributed by atoms with E-state index in [1.807, 2.05) is 60.7 Å². The van der Waals surface area contributed by atoms with Gasteiger partial charge >= 0.3 is 0 Å². The fourth-order valence-corrected chi connectivity index (χ4v) is 6.58. The first-order valence-corrected chi connectivity index (χ1v) is 10.7. The molecule has 4 rings (SSSR count). The Kier molecular flexibility index (Phi) is 4.30. The lowest BCUT2D eigenvalue weighted by Gasteiger charge is -2.20. The molecule has 26 heavy (non-hydrogen) atoms. The molecule has 2 nitrogen and oxygen atoms in total. The van der Waals surface area contributed by atoms with Gasteiger partial charge in [-0.25, -0.2) is 0 Å². The maximum Gasteiger partial charge on any atom is 0.148 e. The maximum atomic E-state index is 14.4.